The van der Waals surface area contributed by atoms with Gasteiger partial charge in [-0.3, -0.25) is 25.3 Å². The molecule has 3 aromatic carbocycles. The fourth-order valence-corrected chi connectivity index (χ4v) is 4.42. The van der Waals surface area contributed by atoms with Crippen molar-refractivity contribution in [2.75, 3.05) is 14.2 Å². The second kappa shape index (κ2) is 9.44. The number of hydrazine groups is 1. The monoisotopic (exact) mass is 461 g/mol. The maximum Gasteiger partial charge on any atom is 0.269 e. The molecule has 0 aliphatic rings. The van der Waals surface area contributed by atoms with E-state index in [0.717, 1.165) is 22.4 Å². The molecule has 31 heavy (non-hydrogen) atoms. The van der Waals surface area contributed by atoms with Gasteiger partial charge in [0.2, 0.25) is 5.91 Å². The third-order valence-corrected chi connectivity index (χ3v) is 6.77. The van der Waals surface area contributed by atoms with Gasteiger partial charge in [0.15, 0.2) is 0 Å². The summed E-state index contributed by atoms with van der Waals surface area (Å²) in [5.41, 5.74) is 5.44. The summed E-state index contributed by atoms with van der Waals surface area (Å²) < 4.78 is 25.5. The van der Waals surface area contributed by atoms with Gasteiger partial charge in [0.25, 0.3) is 15.9 Å². The van der Waals surface area contributed by atoms with Crippen molar-refractivity contribution in [2.24, 2.45) is 0 Å². The van der Waals surface area contributed by atoms with Gasteiger partial charge in [0.1, 0.15) is 4.90 Å². The van der Waals surface area contributed by atoms with E-state index in [1.165, 1.54) is 26.3 Å². The minimum atomic E-state index is -4.06. The number of hydrogen-bond acceptors (Lipinski definition) is 5. The van der Waals surface area contributed by atoms with E-state index >= 15 is 0 Å². The van der Waals surface area contributed by atoms with Crippen LogP contribution in [0, 0.1) is 0 Å². The second-order valence-electron chi connectivity index (χ2n) is 6.56. The summed E-state index contributed by atoms with van der Waals surface area (Å²) in [6, 6.07) is 17.1. The fraction of sp³-hybridized carbons (Fsp3) is 0.143. The zero-order valence-electron chi connectivity index (χ0n) is 16.8. The summed E-state index contributed by atoms with van der Waals surface area (Å²) in [5.74, 6) is -1.12. The molecule has 0 heterocycles. The van der Waals surface area contributed by atoms with Crippen LogP contribution < -0.4 is 10.9 Å². The molecule has 3 aromatic rings. The SMILES string of the molecule is CON(C)S(=O)(=O)c1cc(C(=O)NNC(=O)Cc2cccc3ccccc23)ccc1Cl. The minimum Gasteiger partial charge on any atom is -0.288 e. The summed E-state index contributed by atoms with van der Waals surface area (Å²) in [6.07, 6.45) is 0.0561. The van der Waals surface area contributed by atoms with Gasteiger partial charge < -0.3 is 0 Å². The van der Waals surface area contributed by atoms with Crippen LogP contribution in [0.3, 0.4) is 0 Å². The molecule has 162 valence electrons. The van der Waals surface area contributed by atoms with Gasteiger partial charge in [-0.25, -0.2) is 8.42 Å². The number of nitrogens with one attached hydrogen (secondary N) is 2. The maximum absolute atomic E-state index is 12.5. The molecule has 0 saturated carbocycles. The Morgan fingerprint density at radius 1 is 1.03 bits per heavy atom. The number of carbonyl (C=O) groups is 2. The van der Waals surface area contributed by atoms with Crippen molar-refractivity contribution < 1.29 is 22.8 Å². The van der Waals surface area contributed by atoms with E-state index in [-0.39, 0.29) is 21.9 Å². The lowest BCUT2D eigenvalue weighted by atomic mass is 10.0. The number of hydroxylamine groups is 1. The van der Waals surface area contributed by atoms with Crippen LogP contribution in [0.4, 0.5) is 0 Å². The number of nitrogens with zero attached hydrogens (tertiary/aromatic N) is 1. The molecule has 0 aromatic heterocycles. The van der Waals surface area contributed by atoms with Crippen LogP contribution in [0.2, 0.25) is 5.02 Å². The third kappa shape index (κ3) is 5.02. The predicted molar refractivity (Wildman–Crippen MR) is 117 cm³/mol. The number of sulfonamides is 1. The molecule has 3 rings (SSSR count). The molecule has 0 spiro atoms. The first-order chi connectivity index (χ1) is 14.7. The van der Waals surface area contributed by atoms with Crippen molar-refractivity contribution in [3.05, 3.63) is 76.8 Å². The molecular weight excluding hydrogens is 442 g/mol. The van der Waals surface area contributed by atoms with Crippen molar-refractivity contribution in [1.29, 1.82) is 0 Å². The van der Waals surface area contributed by atoms with Crippen LogP contribution >= 0.6 is 11.6 Å². The lowest BCUT2D eigenvalue weighted by molar-refractivity contribution is -0.121. The standard InChI is InChI=1S/C21H20ClN3O5S/c1-25(30-2)31(28,29)19-12-16(10-11-18(19)22)21(27)24-23-20(26)13-15-8-5-7-14-6-3-4-9-17(14)15/h3-12H,13H2,1-2H3,(H,23,26)(H,24,27). The Morgan fingerprint density at radius 2 is 1.74 bits per heavy atom. The average molecular weight is 462 g/mol. The number of carbonyl (C=O) groups excluding carboxylic acids is 2. The van der Waals surface area contributed by atoms with Crippen molar-refractivity contribution in [3.63, 3.8) is 0 Å². The van der Waals surface area contributed by atoms with Gasteiger partial charge >= 0.3 is 0 Å². The van der Waals surface area contributed by atoms with Crippen LogP contribution in [0.25, 0.3) is 10.8 Å². The van der Waals surface area contributed by atoms with Crippen LogP contribution in [-0.2, 0) is 26.1 Å². The van der Waals surface area contributed by atoms with Gasteiger partial charge in [-0.15, -0.1) is 0 Å². The number of halogens is 1. The first kappa shape index (κ1) is 22.7. The third-order valence-electron chi connectivity index (χ3n) is 4.61. The average Bonchev–Trinajstić information content (AvgIpc) is 2.77. The van der Waals surface area contributed by atoms with Crippen LogP contribution in [-0.4, -0.2) is 38.9 Å². The van der Waals surface area contributed by atoms with E-state index in [0.29, 0.717) is 4.47 Å². The Kier molecular flexibility index (Phi) is 6.91. The van der Waals surface area contributed by atoms with E-state index < -0.39 is 21.8 Å². The summed E-state index contributed by atoms with van der Waals surface area (Å²) >= 11 is 5.99. The fourth-order valence-electron chi connectivity index (χ4n) is 2.94. The summed E-state index contributed by atoms with van der Waals surface area (Å²) in [5, 5.41) is 1.88. The quantitative estimate of drug-likeness (QED) is 0.549. The van der Waals surface area contributed by atoms with Gasteiger partial charge in [-0.2, -0.15) is 0 Å². The van der Waals surface area contributed by atoms with Crippen LogP contribution in [0.5, 0.6) is 0 Å². The van der Waals surface area contributed by atoms with E-state index in [2.05, 4.69) is 10.9 Å². The number of fused-ring (bicyclic) bond motifs is 1. The largest absolute Gasteiger partial charge is 0.288 e. The van der Waals surface area contributed by atoms with Crippen molar-refractivity contribution >= 4 is 44.2 Å². The molecule has 0 unspecified atom stereocenters. The highest BCUT2D eigenvalue weighted by molar-refractivity contribution is 7.89. The Bertz CT molecular complexity index is 1240. The molecule has 0 aliphatic carbocycles. The van der Waals surface area contributed by atoms with Crippen molar-refractivity contribution in [3.8, 4) is 0 Å². The smallest absolute Gasteiger partial charge is 0.269 e. The van der Waals surface area contributed by atoms with E-state index in [9.17, 15) is 18.0 Å². The van der Waals surface area contributed by atoms with Gasteiger partial charge in [-0.05, 0) is 34.5 Å². The normalized spacial score (nSPS) is 11.5. The van der Waals surface area contributed by atoms with Crippen molar-refractivity contribution in [1.82, 2.24) is 15.3 Å². The number of hydrogen-bond donors (Lipinski definition) is 2. The lowest BCUT2D eigenvalue weighted by Gasteiger charge is -2.16. The molecule has 0 saturated heterocycles. The Hall–Kier alpha value is -2.98. The highest BCUT2D eigenvalue weighted by atomic mass is 35.5. The first-order valence-electron chi connectivity index (χ1n) is 9.12. The van der Waals surface area contributed by atoms with Gasteiger partial charge in [-0.1, -0.05) is 58.5 Å². The Morgan fingerprint density at radius 3 is 2.48 bits per heavy atom. The van der Waals surface area contributed by atoms with Crippen molar-refractivity contribution in [2.45, 2.75) is 11.3 Å². The molecule has 0 bridgehead atoms. The summed E-state index contributed by atoms with van der Waals surface area (Å²) in [7, 11) is -1.67. The number of amides is 2. The van der Waals surface area contributed by atoms with Gasteiger partial charge in [0, 0.05) is 12.6 Å². The molecule has 10 heteroatoms. The Labute approximate surface area is 184 Å². The minimum absolute atomic E-state index is 0.00191. The molecule has 0 aliphatic heterocycles. The highest BCUT2D eigenvalue weighted by Gasteiger charge is 2.25. The lowest BCUT2D eigenvalue weighted by Crippen LogP contribution is -2.42. The molecule has 2 amide bonds. The molecule has 2 N–H and O–H groups in total. The predicted octanol–water partition coefficient (Wildman–Crippen LogP) is 2.68. The molecule has 0 fully saturated rings. The van der Waals surface area contributed by atoms with E-state index in [1.807, 2.05) is 42.5 Å². The topological polar surface area (TPSA) is 105 Å². The van der Waals surface area contributed by atoms with Crippen LogP contribution in [0.15, 0.2) is 65.6 Å². The number of benzene rings is 3. The van der Waals surface area contributed by atoms with Crippen LogP contribution in [0.1, 0.15) is 15.9 Å². The molecule has 0 atom stereocenters. The summed E-state index contributed by atoms with van der Waals surface area (Å²) in [4.78, 5) is 29.2. The second-order valence-corrected chi connectivity index (χ2v) is 8.87. The molecule has 0 radical (unpaired) electrons. The maximum atomic E-state index is 12.5. The highest BCUT2D eigenvalue weighted by Crippen LogP contribution is 2.25. The zero-order valence-corrected chi connectivity index (χ0v) is 18.3. The first-order valence-corrected chi connectivity index (χ1v) is 10.9. The number of rotatable bonds is 6. The Balaban J connectivity index is 1.71. The molecule has 8 nitrogen and oxygen atoms in total. The zero-order chi connectivity index (χ0) is 22.6. The molecular formula is C21H20ClN3O5S. The van der Waals surface area contributed by atoms with E-state index in [1.54, 1.807) is 0 Å². The van der Waals surface area contributed by atoms with Gasteiger partial charge in [0.05, 0.1) is 18.6 Å². The summed E-state index contributed by atoms with van der Waals surface area (Å²) in [6.45, 7) is 0. The van der Waals surface area contributed by atoms with E-state index in [4.69, 9.17) is 16.4 Å².